The molecule has 1 aliphatic heterocycles. The number of rotatable bonds is 3. The first-order valence-electron chi connectivity index (χ1n) is 7.99. The molecular formula is C15H27N3O. The molecule has 4 heteroatoms. The molecule has 1 amide bonds. The molecule has 0 aromatic carbocycles. The number of piperazine rings is 1. The highest BCUT2D eigenvalue weighted by Gasteiger charge is 2.32. The van der Waals surface area contributed by atoms with Crippen LogP contribution in [0.3, 0.4) is 0 Å². The minimum atomic E-state index is 0.207. The van der Waals surface area contributed by atoms with E-state index in [1.54, 1.807) is 0 Å². The lowest BCUT2D eigenvalue weighted by atomic mass is 9.85. The average Bonchev–Trinajstić information content (AvgIpc) is 3.23. The van der Waals surface area contributed by atoms with E-state index in [1.807, 2.05) is 0 Å². The van der Waals surface area contributed by atoms with E-state index in [0.717, 1.165) is 57.8 Å². The molecule has 108 valence electrons. The molecule has 2 atom stereocenters. The lowest BCUT2D eigenvalue weighted by Gasteiger charge is -2.37. The van der Waals surface area contributed by atoms with Crippen LogP contribution in [0.25, 0.3) is 0 Å². The Bertz CT molecular complexity index is 321. The third kappa shape index (κ3) is 3.48. The minimum Gasteiger partial charge on any atom is -0.340 e. The predicted octanol–water partition coefficient (Wildman–Crippen LogP) is 1.06. The van der Waals surface area contributed by atoms with Crippen molar-refractivity contribution in [1.29, 1.82) is 0 Å². The Labute approximate surface area is 116 Å². The van der Waals surface area contributed by atoms with Crippen LogP contribution in [0.2, 0.25) is 0 Å². The molecule has 0 bridgehead atoms. The topological polar surface area (TPSA) is 49.6 Å². The normalized spacial score (nSPS) is 33.4. The van der Waals surface area contributed by atoms with Gasteiger partial charge in [-0.1, -0.05) is 6.42 Å². The Morgan fingerprint density at radius 3 is 2.42 bits per heavy atom. The van der Waals surface area contributed by atoms with Crippen molar-refractivity contribution in [2.45, 2.75) is 44.6 Å². The first kappa shape index (κ1) is 13.4. The standard InChI is InChI=1S/C15H27N3O/c16-14-3-1-2-13(10-14)15(19)18-8-6-17(7-9-18)11-12-4-5-12/h12-14H,1-11,16H2. The molecule has 0 spiro atoms. The maximum absolute atomic E-state index is 12.5. The smallest absolute Gasteiger partial charge is 0.225 e. The van der Waals surface area contributed by atoms with Gasteiger partial charge in [0.2, 0.25) is 5.91 Å². The first-order chi connectivity index (χ1) is 9.22. The molecule has 3 fully saturated rings. The van der Waals surface area contributed by atoms with Gasteiger partial charge in [0.15, 0.2) is 0 Å². The van der Waals surface area contributed by atoms with Crippen molar-refractivity contribution in [2.24, 2.45) is 17.6 Å². The van der Waals surface area contributed by atoms with Gasteiger partial charge in [-0.05, 0) is 38.0 Å². The molecule has 2 aliphatic carbocycles. The summed E-state index contributed by atoms with van der Waals surface area (Å²) in [6.45, 7) is 5.26. The molecule has 0 aromatic heterocycles. The summed E-state index contributed by atoms with van der Waals surface area (Å²) in [5, 5.41) is 0. The van der Waals surface area contributed by atoms with E-state index < -0.39 is 0 Å². The van der Waals surface area contributed by atoms with E-state index in [1.165, 1.54) is 19.4 Å². The zero-order valence-electron chi connectivity index (χ0n) is 11.9. The van der Waals surface area contributed by atoms with Gasteiger partial charge in [-0.3, -0.25) is 9.69 Å². The highest BCUT2D eigenvalue weighted by molar-refractivity contribution is 5.79. The molecule has 2 saturated carbocycles. The maximum atomic E-state index is 12.5. The molecule has 3 rings (SSSR count). The summed E-state index contributed by atoms with van der Waals surface area (Å²) in [5.41, 5.74) is 6.00. The number of hydrogen-bond acceptors (Lipinski definition) is 3. The Morgan fingerprint density at radius 1 is 1.05 bits per heavy atom. The van der Waals surface area contributed by atoms with Crippen LogP contribution in [0.4, 0.5) is 0 Å². The van der Waals surface area contributed by atoms with Gasteiger partial charge in [0.1, 0.15) is 0 Å². The van der Waals surface area contributed by atoms with Crippen LogP contribution >= 0.6 is 0 Å². The zero-order chi connectivity index (χ0) is 13.2. The highest BCUT2D eigenvalue weighted by atomic mass is 16.2. The summed E-state index contributed by atoms with van der Waals surface area (Å²) in [5.74, 6) is 1.54. The average molecular weight is 265 g/mol. The van der Waals surface area contributed by atoms with E-state index in [9.17, 15) is 4.79 Å². The summed E-state index contributed by atoms with van der Waals surface area (Å²) in [7, 11) is 0. The van der Waals surface area contributed by atoms with Crippen molar-refractivity contribution in [1.82, 2.24) is 9.80 Å². The highest BCUT2D eigenvalue weighted by Crippen LogP contribution is 2.30. The third-order valence-electron chi connectivity index (χ3n) is 4.96. The zero-order valence-corrected chi connectivity index (χ0v) is 11.9. The summed E-state index contributed by atoms with van der Waals surface area (Å²) in [4.78, 5) is 17.1. The molecule has 2 N–H and O–H groups in total. The molecule has 4 nitrogen and oxygen atoms in total. The van der Waals surface area contributed by atoms with Crippen LogP contribution < -0.4 is 5.73 Å². The molecule has 1 saturated heterocycles. The van der Waals surface area contributed by atoms with Gasteiger partial charge in [-0.2, -0.15) is 0 Å². The number of nitrogens with zero attached hydrogens (tertiary/aromatic N) is 2. The van der Waals surface area contributed by atoms with Crippen LogP contribution in [0.15, 0.2) is 0 Å². The van der Waals surface area contributed by atoms with Crippen LogP contribution in [-0.2, 0) is 4.79 Å². The fourth-order valence-corrected chi connectivity index (χ4v) is 3.53. The van der Waals surface area contributed by atoms with E-state index >= 15 is 0 Å². The second-order valence-corrected chi connectivity index (χ2v) is 6.69. The number of carbonyl (C=O) groups is 1. The van der Waals surface area contributed by atoms with Crippen molar-refractivity contribution in [3.05, 3.63) is 0 Å². The fraction of sp³-hybridized carbons (Fsp3) is 0.933. The predicted molar refractivity (Wildman–Crippen MR) is 75.7 cm³/mol. The minimum absolute atomic E-state index is 0.207. The van der Waals surface area contributed by atoms with Gasteiger partial charge in [0.25, 0.3) is 0 Å². The van der Waals surface area contributed by atoms with Gasteiger partial charge in [0, 0.05) is 44.7 Å². The summed E-state index contributed by atoms with van der Waals surface area (Å²) < 4.78 is 0. The van der Waals surface area contributed by atoms with Crippen molar-refractivity contribution < 1.29 is 4.79 Å². The Kier molecular flexibility index (Phi) is 4.08. The second kappa shape index (κ2) is 5.80. The molecule has 19 heavy (non-hydrogen) atoms. The van der Waals surface area contributed by atoms with E-state index in [-0.39, 0.29) is 12.0 Å². The first-order valence-corrected chi connectivity index (χ1v) is 7.99. The molecule has 3 aliphatic rings. The second-order valence-electron chi connectivity index (χ2n) is 6.69. The van der Waals surface area contributed by atoms with Gasteiger partial charge in [-0.25, -0.2) is 0 Å². The molecule has 2 unspecified atom stereocenters. The number of hydrogen-bond donors (Lipinski definition) is 1. The maximum Gasteiger partial charge on any atom is 0.225 e. The number of carbonyl (C=O) groups excluding carboxylic acids is 1. The van der Waals surface area contributed by atoms with Crippen LogP contribution in [0.1, 0.15) is 38.5 Å². The van der Waals surface area contributed by atoms with Crippen LogP contribution in [0.5, 0.6) is 0 Å². The van der Waals surface area contributed by atoms with E-state index in [0.29, 0.717) is 5.91 Å². The molecule has 0 aromatic rings. The monoisotopic (exact) mass is 265 g/mol. The third-order valence-corrected chi connectivity index (χ3v) is 4.96. The molecular weight excluding hydrogens is 238 g/mol. The van der Waals surface area contributed by atoms with Crippen LogP contribution in [0, 0.1) is 11.8 Å². The van der Waals surface area contributed by atoms with Crippen molar-refractivity contribution in [3.63, 3.8) is 0 Å². The SMILES string of the molecule is NC1CCCC(C(=O)N2CCN(CC3CC3)CC2)C1. The van der Waals surface area contributed by atoms with Crippen molar-refractivity contribution >= 4 is 5.91 Å². The molecule has 0 radical (unpaired) electrons. The Morgan fingerprint density at radius 2 is 1.79 bits per heavy atom. The lowest BCUT2D eigenvalue weighted by Crippen LogP contribution is -2.51. The summed E-state index contributed by atoms with van der Waals surface area (Å²) in [6.07, 6.45) is 7.01. The largest absolute Gasteiger partial charge is 0.340 e. The Hall–Kier alpha value is -0.610. The lowest BCUT2D eigenvalue weighted by molar-refractivity contribution is -0.138. The van der Waals surface area contributed by atoms with Crippen LogP contribution in [-0.4, -0.2) is 54.5 Å². The van der Waals surface area contributed by atoms with Crippen molar-refractivity contribution in [3.8, 4) is 0 Å². The Balaban J connectivity index is 1.45. The number of nitrogens with two attached hydrogens (primary N) is 1. The summed E-state index contributed by atoms with van der Waals surface area (Å²) >= 11 is 0. The van der Waals surface area contributed by atoms with Gasteiger partial charge in [0.05, 0.1) is 0 Å². The molecule has 1 heterocycles. The van der Waals surface area contributed by atoms with Crippen molar-refractivity contribution in [2.75, 3.05) is 32.7 Å². The van der Waals surface area contributed by atoms with E-state index in [4.69, 9.17) is 5.73 Å². The number of amides is 1. The summed E-state index contributed by atoms with van der Waals surface area (Å²) in [6, 6.07) is 0.249. The quantitative estimate of drug-likeness (QED) is 0.830. The van der Waals surface area contributed by atoms with Gasteiger partial charge >= 0.3 is 0 Å². The van der Waals surface area contributed by atoms with Gasteiger partial charge < -0.3 is 10.6 Å². The fourth-order valence-electron chi connectivity index (χ4n) is 3.53. The van der Waals surface area contributed by atoms with E-state index in [2.05, 4.69) is 9.80 Å². The van der Waals surface area contributed by atoms with Gasteiger partial charge in [-0.15, -0.1) is 0 Å².